The number of hydrogen-bond acceptors (Lipinski definition) is 2. The molecule has 0 radical (unpaired) electrons. The summed E-state index contributed by atoms with van der Waals surface area (Å²) in [6.45, 7) is 6.17. The molecule has 94 valence electrons. The monoisotopic (exact) mass is 233 g/mol. The summed E-state index contributed by atoms with van der Waals surface area (Å²) < 4.78 is 5.80. The van der Waals surface area contributed by atoms with Gasteiger partial charge in [0.1, 0.15) is 11.4 Å². The minimum atomic E-state index is -0.141. The standard InChI is InChI=1S/C15H23NO/c1-15(2,3)17-13-9-7-12(8-10-13)14(16)11-5-4-6-11/h7-11,14H,4-6,16H2,1-3H3/t14-/m0/s1. The van der Waals surface area contributed by atoms with Crippen LogP contribution in [-0.4, -0.2) is 5.60 Å². The van der Waals surface area contributed by atoms with Crippen molar-refractivity contribution in [2.45, 2.75) is 51.7 Å². The maximum absolute atomic E-state index is 6.24. The number of rotatable bonds is 3. The normalized spacial score (nSPS) is 18.6. The van der Waals surface area contributed by atoms with Crippen LogP contribution in [-0.2, 0) is 0 Å². The Morgan fingerprint density at radius 1 is 1.18 bits per heavy atom. The first-order valence-electron chi connectivity index (χ1n) is 6.50. The molecule has 1 saturated carbocycles. The third kappa shape index (κ3) is 3.22. The average molecular weight is 233 g/mol. The minimum absolute atomic E-state index is 0.141. The molecule has 17 heavy (non-hydrogen) atoms. The van der Waals surface area contributed by atoms with Crippen molar-refractivity contribution < 1.29 is 4.74 Å². The largest absolute Gasteiger partial charge is 0.488 e. The van der Waals surface area contributed by atoms with Crippen molar-refractivity contribution in [3.8, 4) is 5.75 Å². The first kappa shape index (κ1) is 12.4. The van der Waals surface area contributed by atoms with Crippen molar-refractivity contribution >= 4 is 0 Å². The molecule has 1 aliphatic rings. The highest BCUT2D eigenvalue weighted by molar-refractivity contribution is 5.30. The van der Waals surface area contributed by atoms with Crippen LogP contribution >= 0.6 is 0 Å². The fourth-order valence-corrected chi connectivity index (χ4v) is 2.18. The van der Waals surface area contributed by atoms with E-state index in [4.69, 9.17) is 10.5 Å². The maximum atomic E-state index is 6.24. The van der Waals surface area contributed by atoms with Gasteiger partial charge in [0.15, 0.2) is 0 Å². The van der Waals surface area contributed by atoms with E-state index in [-0.39, 0.29) is 11.6 Å². The minimum Gasteiger partial charge on any atom is -0.488 e. The van der Waals surface area contributed by atoms with Gasteiger partial charge in [-0.3, -0.25) is 0 Å². The van der Waals surface area contributed by atoms with Crippen LogP contribution in [0.4, 0.5) is 0 Å². The highest BCUT2D eigenvalue weighted by Crippen LogP contribution is 2.36. The Morgan fingerprint density at radius 2 is 1.76 bits per heavy atom. The molecule has 0 aliphatic heterocycles. The lowest BCUT2D eigenvalue weighted by atomic mass is 9.77. The fourth-order valence-electron chi connectivity index (χ4n) is 2.18. The lowest BCUT2D eigenvalue weighted by Crippen LogP contribution is -2.27. The van der Waals surface area contributed by atoms with Gasteiger partial charge in [-0.25, -0.2) is 0 Å². The van der Waals surface area contributed by atoms with Crippen molar-refractivity contribution in [2.24, 2.45) is 11.7 Å². The first-order valence-corrected chi connectivity index (χ1v) is 6.50. The zero-order valence-electron chi connectivity index (χ0n) is 11.1. The summed E-state index contributed by atoms with van der Waals surface area (Å²) in [7, 11) is 0. The number of ether oxygens (including phenoxy) is 1. The summed E-state index contributed by atoms with van der Waals surface area (Å²) in [5, 5.41) is 0. The molecule has 0 amide bonds. The third-order valence-electron chi connectivity index (χ3n) is 3.35. The highest BCUT2D eigenvalue weighted by atomic mass is 16.5. The van der Waals surface area contributed by atoms with Crippen LogP contribution in [0.25, 0.3) is 0 Å². The van der Waals surface area contributed by atoms with Gasteiger partial charge in [-0.05, 0) is 57.2 Å². The second-order valence-electron chi connectivity index (χ2n) is 6.00. The van der Waals surface area contributed by atoms with E-state index in [1.807, 2.05) is 12.1 Å². The van der Waals surface area contributed by atoms with Gasteiger partial charge in [0.25, 0.3) is 0 Å². The average Bonchev–Trinajstić information content (AvgIpc) is 2.13. The summed E-state index contributed by atoms with van der Waals surface area (Å²) >= 11 is 0. The smallest absolute Gasteiger partial charge is 0.120 e. The summed E-state index contributed by atoms with van der Waals surface area (Å²) in [4.78, 5) is 0. The molecule has 2 N–H and O–H groups in total. The van der Waals surface area contributed by atoms with E-state index in [0.717, 1.165) is 5.75 Å². The predicted octanol–water partition coefficient (Wildman–Crippen LogP) is 3.66. The van der Waals surface area contributed by atoms with E-state index >= 15 is 0 Å². The topological polar surface area (TPSA) is 35.2 Å². The summed E-state index contributed by atoms with van der Waals surface area (Å²) in [5.74, 6) is 1.60. The van der Waals surface area contributed by atoms with E-state index in [0.29, 0.717) is 5.92 Å². The number of benzene rings is 1. The van der Waals surface area contributed by atoms with E-state index < -0.39 is 0 Å². The van der Waals surface area contributed by atoms with E-state index in [2.05, 4.69) is 32.9 Å². The predicted molar refractivity (Wildman–Crippen MR) is 71.1 cm³/mol. The van der Waals surface area contributed by atoms with Gasteiger partial charge in [-0.2, -0.15) is 0 Å². The van der Waals surface area contributed by atoms with Crippen LogP contribution < -0.4 is 10.5 Å². The Morgan fingerprint density at radius 3 is 2.18 bits per heavy atom. The number of nitrogens with two attached hydrogens (primary N) is 1. The molecule has 1 aliphatic carbocycles. The van der Waals surface area contributed by atoms with Gasteiger partial charge in [0, 0.05) is 6.04 Å². The SMILES string of the molecule is CC(C)(C)Oc1ccc([C@@H](N)C2CCC2)cc1. The molecule has 0 unspecified atom stereocenters. The van der Waals surface area contributed by atoms with Gasteiger partial charge in [0.05, 0.1) is 0 Å². The Labute approximate surface area is 104 Å². The Balaban J connectivity index is 2.02. The molecule has 0 spiro atoms. The molecule has 0 saturated heterocycles. The van der Waals surface area contributed by atoms with Crippen LogP contribution in [0.15, 0.2) is 24.3 Å². The summed E-state index contributed by atoms with van der Waals surface area (Å²) in [6, 6.07) is 8.46. The summed E-state index contributed by atoms with van der Waals surface area (Å²) in [5.41, 5.74) is 7.33. The molecular weight excluding hydrogens is 210 g/mol. The molecular formula is C15H23NO. The third-order valence-corrected chi connectivity index (χ3v) is 3.35. The first-order chi connectivity index (χ1) is 7.96. The molecule has 0 aromatic heterocycles. The Hall–Kier alpha value is -1.02. The Bertz CT molecular complexity index is 360. The van der Waals surface area contributed by atoms with Gasteiger partial charge in [-0.1, -0.05) is 18.6 Å². The molecule has 1 aromatic rings. The zero-order chi connectivity index (χ0) is 12.5. The molecule has 1 atom stereocenters. The fraction of sp³-hybridized carbons (Fsp3) is 0.600. The van der Waals surface area contributed by atoms with Crippen LogP contribution in [0.1, 0.15) is 51.6 Å². The quantitative estimate of drug-likeness (QED) is 0.864. The van der Waals surface area contributed by atoms with Crippen LogP contribution in [0, 0.1) is 5.92 Å². The lowest BCUT2D eigenvalue weighted by Gasteiger charge is -2.31. The maximum Gasteiger partial charge on any atom is 0.120 e. The molecule has 2 rings (SSSR count). The molecule has 2 heteroatoms. The van der Waals surface area contributed by atoms with Crippen molar-refractivity contribution in [1.82, 2.24) is 0 Å². The second-order valence-corrected chi connectivity index (χ2v) is 6.00. The van der Waals surface area contributed by atoms with Crippen LogP contribution in [0.2, 0.25) is 0 Å². The highest BCUT2D eigenvalue weighted by Gasteiger charge is 2.25. The summed E-state index contributed by atoms with van der Waals surface area (Å²) in [6.07, 6.45) is 3.90. The molecule has 0 bridgehead atoms. The lowest BCUT2D eigenvalue weighted by molar-refractivity contribution is 0.131. The molecule has 0 heterocycles. The van der Waals surface area contributed by atoms with Gasteiger partial charge >= 0.3 is 0 Å². The van der Waals surface area contributed by atoms with Crippen LogP contribution in [0.3, 0.4) is 0 Å². The molecule has 2 nitrogen and oxygen atoms in total. The Kier molecular flexibility index (Phi) is 3.43. The van der Waals surface area contributed by atoms with E-state index in [1.165, 1.54) is 24.8 Å². The van der Waals surface area contributed by atoms with E-state index in [1.54, 1.807) is 0 Å². The van der Waals surface area contributed by atoms with Crippen molar-refractivity contribution in [3.63, 3.8) is 0 Å². The number of hydrogen-bond donors (Lipinski definition) is 1. The van der Waals surface area contributed by atoms with Crippen LogP contribution in [0.5, 0.6) is 5.75 Å². The molecule has 1 fully saturated rings. The van der Waals surface area contributed by atoms with Crippen molar-refractivity contribution in [3.05, 3.63) is 29.8 Å². The van der Waals surface area contributed by atoms with E-state index in [9.17, 15) is 0 Å². The van der Waals surface area contributed by atoms with Crippen molar-refractivity contribution in [1.29, 1.82) is 0 Å². The zero-order valence-corrected chi connectivity index (χ0v) is 11.1. The van der Waals surface area contributed by atoms with Crippen molar-refractivity contribution in [2.75, 3.05) is 0 Å². The van der Waals surface area contributed by atoms with Gasteiger partial charge in [0.2, 0.25) is 0 Å². The second kappa shape index (κ2) is 4.69. The van der Waals surface area contributed by atoms with Gasteiger partial charge < -0.3 is 10.5 Å². The molecule has 1 aromatic carbocycles. The van der Waals surface area contributed by atoms with Gasteiger partial charge in [-0.15, -0.1) is 0 Å².